The molecule has 1 aliphatic rings. The highest BCUT2D eigenvalue weighted by atomic mass is 15.2. The van der Waals surface area contributed by atoms with E-state index in [2.05, 4.69) is 36.1 Å². The average Bonchev–Trinajstić information content (AvgIpc) is 2.75. The first kappa shape index (κ1) is 15.1. The Kier molecular flexibility index (Phi) is 5.62. The van der Waals surface area contributed by atoms with Crippen molar-refractivity contribution >= 4 is 11.8 Å². The molecule has 0 radical (unpaired) electrons. The predicted octanol–water partition coefficient (Wildman–Crippen LogP) is 3.77. The monoisotopic (exact) mass is 276 g/mol. The molecule has 0 atom stereocenters. The van der Waals surface area contributed by atoms with Crippen molar-refractivity contribution in [2.75, 3.05) is 23.8 Å². The lowest BCUT2D eigenvalue weighted by molar-refractivity contribution is 0.548. The summed E-state index contributed by atoms with van der Waals surface area (Å²) in [6, 6.07) is 0.630. The third kappa shape index (κ3) is 3.84. The van der Waals surface area contributed by atoms with E-state index in [-0.39, 0.29) is 0 Å². The molecule has 0 aromatic carbocycles. The van der Waals surface area contributed by atoms with Gasteiger partial charge in [0, 0.05) is 31.4 Å². The van der Waals surface area contributed by atoms with Crippen LogP contribution in [0.2, 0.25) is 0 Å². The predicted molar refractivity (Wildman–Crippen MR) is 85.4 cm³/mol. The van der Waals surface area contributed by atoms with Gasteiger partial charge in [0.05, 0.1) is 0 Å². The summed E-state index contributed by atoms with van der Waals surface area (Å²) in [5.41, 5.74) is 1.17. The lowest BCUT2D eigenvalue weighted by Gasteiger charge is -2.29. The number of nitrogens with zero attached hydrogens (tertiary/aromatic N) is 3. The Labute approximate surface area is 123 Å². The fraction of sp³-hybridized carbons (Fsp3) is 0.750. The average molecular weight is 276 g/mol. The molecule has 0 amide bonds. The van der Waals surface area contributed by atoms with Gasteiger partial charge >= 0.3 is 0 Å². The minimum atomic E-state index is 0.630. The van der Waals surface area contributed by atoms with Gasteiger partial charge in [-0.2, -0.15) is 4.98 Å². The molecular weight excluding hydrogens is 248 g/mol. The lowest BCUT2D eigenvalue weighted by atomic mass is 10.1. The molecule has 4 nitrogen and oxygen atoms in total. The van der Waals surface area contributed by atoms with Crippen LogP contribution in [0, 0.1) is 6.92 Å². The van der Waals surface area contributed by atoms with E-state index >= 15 is 0 Å². The van der Waals surface area contributed by atoms with Gasteiger partial charge in [0.2, 0.25) is 5.95 Å². The van der Waals surface area contributed by atoms with Crippen molar-refractivity contribution in [2.24, 2.45) is 0 Å². The number of aromatic nitrogens is 2. The van der Waals surface area contributed by atoms with Crippen molar-refractivity contribution < 1.29 is 0 Å². The molecule has 1 N–H and O–H groups in total. The number of rotatable bonds is 5. The summed E-state index contributed by atoms with van der Waals surface area (Å²) < 4.78 is 0. The van der Waals surface area contributed by atoms with Gasteiger partial charge in [-0.1, -0.05) is 32.6 Å². The maximum Gasteiger partial charge on any atom is 0.224 e. The van der Waals surface area contributed by atoms with Crippen LogP contribution in [-0.2, 0) is 0 Å². The fourth-order valence-electron chi connectivity index (χ4n) is 2.93. The van der Waals surface area contributed by atoms with Crippen LogP contribution in [-0.4, -0.2) is 29.6 Å². The summed E-state index contributed by atoms with van der Waals surface area (Å²) in [6.07, 6.45) is 11.1. The van der Waals surface area contributed by atoms with Gasteiger partial charge in [0.15, 0.2) is 0 Å². The van der Waals surface area contributed by atoms with Crippen LogP contribution in [0.3, 0.4) is 0 Å². The van der Waals surface area contributed by atoms with Gasteiger partial charge in [0.25, 0.3) is 0 Å². The zero-order chi connectivity index (χ0) is 14.4. The van der Waals surface area contributed by atoms with Crippen molar-refractivity contribution in [3.05, 3.63) is 11.8 Å². The van der Waals surface area contributed by atoms with Crippen molar-refractivity contribution in [2.45, 2.75) is 64.8 Å². The number of aryl methyl sites for hydroxylation is 1. The highest BCUT2D eigenvalue weighted by Gasteiger charge is 2.20. The van der Waals surface area contributed by atoms with E-state index < -0.39 is 0 Å². The Hall–Kier alpha value is -1.32. The summed E-state index contributed by atoms with van der Waals surface area (Å²) in [5.74, 6) is 1.85. The molecule has 0 bridgehead atoms. The second-order valence-electron chi connectivity index (χ2n) is 5.88. The van der Waals surface area contributed by atoms with Gasteiger partial charge in [-0.3, -0.25) is 0 Å². The SMILES string of the molecule is CCCNc1ncc(C)c(N(C)C2CCCCCC2)n1. The molecule has 1 aliphatic carbocycles. The molecule has 1 aromatic rings. The molecule has 1 aromatic heterocycles. The number of anilines is 2. The Morgan fingerprint density at radius 1 is 1.25 bits per heavy atom. The topological polar surface area (TPSA) is 41.1 Å². The van der Waals surface area contributed by atoms with Crippen LogP contribution in [0.25, 0.3) is 0 Å². The van der Waals surface area contributed by atoms with Gasteiger partial charge in [-0.25, -0.2) is 4.98 Å². The summed E-state index contributed by atoms with van der Waals surface area (Å²) in [4.78, 5) is 11.5. The van der Waals surface area contributed by atoms with Crippen LogP contribution in [0.4, 0.5) is 11.8 Å². The van der Waals surface area contributed by atoms with Crippen molar-refractivity contribution in [3.63, 3.8) is 0 Å². The quantitative estimate of drug-likeness (QED) is 0.831. The first-order valence-electron chi connectivity index (χ1n) is 8.02. The van der Waals surface area contributed by atoms with E-state index in [9.17, 15) is 0 Å². The Morgan fingerprint density at radius 2 is 1.95 bits per heavy atom. The maximum atomic E-state index is 4.72. The van der Waals surface area contributed by atoms with E-state index in [1.165, 1.54) is 44.1 Å². The molecule has 0 unspecified atom stereocenters. The zero-order valence-corrected chi connectivity index (χ0v) is 13.2. The zero-order valence-electron chi connectivity index (χ0n) is 13.2. The molecule has 0 saturated heterocycles. The van der Waals surface area contributed by atoms with E-state index in [0.29, 0.717) is 6.04 Å². The van der Waals surface area contributed by atoms with Crippen LogP contribution < -0.4 is 10.2 Å². The molecule has 20 heavy (non-hydrogen) atoms. The van der Waals surface area contributed by atoms with E-state index in [1.54, 1.807) is 0 Å². The molecule has 2 rings (SSSR count). The Bertz CT molecular complexity index is 411. The number of hydrogen-bond donors (Lipinski definition) is 1. The van der Waals surface area contributed by atoms with Crippen LogP contribution >= 0.6 is 0 Å². The molecule has 0 aliphatic heterocycles. The van der Waals surface area contributed by atoms with Crippen LogP contribution in [0.15, 0.2) is 6.20 Å². The minimum absolute atomic E-state index is 0.630. The van der Waals surface area contributed by atoms with E-state index in [4.69, 9.17) is 4.98 Å². The summed E-state index contributed by atoms with van der Waals surface area (Å²) in [5, 5.41) is 3.28. The molecule has 1 saturated carbocycles. The largest absolute Gasteiger partial charge is 0.356 e. The maximum absolute atomic E-state index is 4.72. The van der Waals surface area contributed by atoms with Gasteiger partial charge < -0.3 is 10.2 Å². The number of nitrogens with one attached hydrogen (secondary N) is 1. The van der Waals surface area contributed by atoms with Crippen LogP contribution in [0.5, 0.6) is 0 Å². The standard InChI is InChI=1S/C16H28N4/c1-4-11-17-16-18-12-13(2)15(19-16)20(3)14-9-7-5-6-8-10-14/h12,14H,4-11H2,1-3H3,(H,17,18,19). The first-order valence-corrected chi connectivity index (χ1v) is 8.02. The van der Waals surface area contributed by atoms with Gasteiger partial charge in [0.1, 0.15) is 5.82 Å². The van der Waals surface area contributed by atoms with E-state index in [0.717, 1.165) is 24.7 Å². The first-order chi connectivity index (χ1) is 9.72. The number of hydrogen-bond acceptors (Lipinski definition) is 4. The molecule has 1 fully saturated rings. The van der Waals surface area contributed by atoms with Crippen LogP contribution in [0.1, 0.15) is 57.4 Å². The van der Waals surface area contributed by atoms with Crippen molar-refractivity contribution in [3.8, 4) is 0 Å². The summed E-state index contributed by atoms with van der Waals surface area (Å²) in [7, 11) is 2.19. The second kappa shape index (κ2) is 7.46. The van der Waals surface area contributed by atoms with Crippen molar-refractivity contribution in [1.82, 2.24) is 9.97 Å². The third-order valence-electron chi connectivity index (χ3n) is 4.18. The van der Waals surface area contributed by atoms with E-state index in [1.807, 2.05) is 6.20 Å². The molecule has 4 heteroatoms. The summed E-state index contributed by atoms with van der Waals surface area (Å²) >= 11 is 0. The summed E-state index contributed by atoms with van der Waals surface area (Å²) in [6.45, 7) is 5.18. The lowest BCUT2D eigenvalue weighted by Crippen LogP contribution is -2.32. The highest BCUT2D eigenvalue weighted by molar-refractivity contribution is 5.49. The van der Waals surface area contributed by atoms with Crippen molar-refractivity contribution in [1.29, 1.82) is 0 Å². The smallest absolute Gasteiger partial charge is 0.224 e. The normalized spacial score (nSPS) is 16.8. The van der Waals surface area contributed by atoms with Gasteiger partial charge in [-0.15, -0.1) is 0 Å². The molecule has 1 heterocycles. The molecule has 112 valence electrons. The Morgan fingerprint density at radius 3 is 2.60 bits per heavy atom. The fourth-order valence-corrected chi connectivity index (χ4v) is 2.93. The Balaban J connectivity index is 2.12. The second-order valence-corrected chi connectivity index (χ2v) is 5.88. The minimum Gasteiger partial charge on any atom is -0.356 e. The highest BCUT2D eigenvalue weighted by Crippen LogP contribution is 2.26. The van der Waals surface area contributed by atoms with Gasteiger partial charge in [-0.05, 0) is 26.2 Å². The third-order valence-corrected chi connectivity index (χ3v) is 4.18. The molecule has 0 spiro atoms. The molecular formula is C16H28N4.